The Balaban J connectivity index is 1.71. The summed E-state index contributed by atoms with van der Waals surface area (Å²) in [5.41, 5.74) is 0. The summed E-state index contributed by atoms with van der Waals surface area (Å²) in [7, 11) is 1.77. The van der Waals surface area contributed by atoms with Gasteiger partial charge >= 0.3 is 0 Å². The van der Waals surface area contributed by atoms with Crippen molar-refractivity contribution in [2.45, 2.75) is 38.8 Å². The second-order valence-electron chi connectivity index (χ2n) is 6.14. The Hall–Kier alpha value is -1.82. The van der Waals surface area contributed by atoms with Crippen molar-refractivity contribution in [3.05, 3.63) is 30.1 Å². The molecule has 0 bridgehead atoms. The molecule has 0 radical (unpaired) electrons. The van der Waals surface area contributed by atoms with Crippen LogP contribution in [0.15, 0.2) is 29.3 Å². The Morgan fingerprint density at radius 2 is 2.12 bits per heavy atom. The smallest absolute Gasteiger partial charge is 0.191 e. The fourth-order valence-corrected chi connectivity index (χ4v) is 3.01. The van der Waals surface area contributed by atoms with Gasteiger partial charge in [0.05, 0.1) is 6.54 Å². The topological polar surface area (TPSA) is 48.9 Å². The molecule has 0 aromatic heterocycles. The number of halogens is 1. The van der Waals surface area contributed by atoms with Gasteiger partial charge in [0.15, 0.2) is 5.96 Å². The van der Waals surface area contributed by atoms with Crippen LogP contribution in [0.1, 0.15) is 26.7 Å². The molecule has 0 amide bonds. The summed E-state index contributed by atoms with van der Waals surface area (Å²) in [5.74, 6) is 1.19. The van der Waals surface area contributed by atoms with Gasteiger partial charge in [-0.3, -0.25) is 9.89 Å². The van der Waals surface area contributed by atoms with E-state index in [0.717, 1.165) is 19.0 Å². The maximum Gasteiger partial charge on any atom is 0.191 e. The second kappa shape index (κ2) is 9.47. The highest BCUT2D eigenvalue weighted by atomic mass is 19.1. The maximum absolute atomic E-state index is 12.9. The first-order valence-electron chi connectivity index (χ1n) is 8.73. The van der Waals surface area contributed by atoms with E-state index in [1.54, 1.807) is 19.2 Å². The van der Waals surface area contributed by atoms with Crippen LogP contribution in [-0.2, 0) is 0 Å². The molecule has 0 saturated carbocycles. The first-order valence-corrected chi connectivity index (χ1v) is 8.73. The molecule has 5 nitrogen and oxygen atoms in total. The third kappa shape index (κ3) is 5.67. The molecule has 1 fully saturated rings. The zero-order chi connectivity index (χ0) is 17.4. The third-order valence-corrected chi connectivity index (χ3v) is 4.34. The van der Waals surface area contributed by atoms with Crippen molar-refractivity contribution in [3.63, 3.8) is 0 Å². The van der Waals surface area contributed by atoms with E-state index < -0.39 is 0 Å². The van der Waals surface area contributed by atoms with Crippen LogP contribution in [-0.4, -0.2) is 56.2 Å². The average Bonchev–Trinajstić information content (AvgIpc) is 3.04. The molecule has 134 valence electrons. The van der Waals surface area contributed by atoms with E-state index in [2.05, 4.69) is 27.4 Å². The number of aliphatic imine (C=N–C) groups is 1. The van der Waals surface area contributed by atoms with E-state index in [4.69, 9.17) is 4.74 Å². The monoisotopic (exact) mass is 336 g/mol. The Kier molecular flexibility index (Phi) is 7.31. The fraction of sp³-hybridized carbons (Fsp3) is 0.611. The van der Waals surface area contributed by atoms with E-state index in [1.807, 2.05) is 6.92 Å². The molecule has 2 atom stereocenters. The van der Waals surface area contributed by atoms with Gasteiger partial charge in [0, 0.05) is 19.6 Å². The number of rotatable bonds is 7. The van der Waals surface area contributed by atoms with Crippen LogP contribution in [0.2, 0.25) is 0 Å². The zero-order valence-corrected chi connectivity index (χ0v) is 14.9. The van der Waals surface area contributed by atoms with E-state index in [-0.39, 0.29) is 11.9 Å². The summed E-state index contributed by atoms with van der Waals surface area (Å²) < 4.78 is 18.7. The second-order valence-corrected chi connectivity index (χ2v) is 6.14. The molecule has 1 aliphatic rings. The van der Waals surface area contributed by atoms with Crippen LogP contribution < -0.4 is 15.4 Å². The van der Waals surface area contributed by atoms with Crippen molar-refractivity contribution in [2.75, 3.05) is 33.2 Å². The standard InChI is InChI=1S/C18H29FN4O/c1-4-23-11-5-6-16(23)13-22-18(20-3)21-12-14(2)24-17-9-7-15(19)8-10-17/h7-10,14,16H,4-6,11-13H2,1-3H3,(H2,20,21,22). The highest BCUT2D eigenvalue weighted by Crippen LogP contribution is 2.15. The summed E-state index contributed by atoms with van der Waals surface area (Å²) in [5, 5.41) is 6.67. The van der Waals surface area contributed by atoms with Crippen LogP contribution in [0.3, 0.4) is 0 Å². The van der Waals surface area contributed by atoms with E-state index >= 15 is 0 Å². The number of hydrogen-bond acceptors (Lipinski definition) is 3. The van der Waals surface area contributed by atoms with Gasteiger partial charge in [0.1, 0.15) is 17.7 Å². The molecule has 2 rings (SSSR count). The lowest BCUT2D eigenvalue weighted by molar-refractivity contribution is 0.223. The normalized spacial score (nSPS) is 20.0. The number of nitrogens with one attached hydrogen (secondary N) is 2. The first-order chi connectivity index (χ1) is 11.6. The summed E-state index contributed by atoms with van der Waals surface area (Å²) in [4.78, 5) is 6.76. The zero-order valence-electron chi connectivity index (χ0n) is 14.9. The number of guanidine groups is 1. The molecule has 6 heteroatoms. The lowest BCUT2D eigenvalue weighted by Gasteiger charge is -2.24. The highest BCUT2D eigenvalue weighted by Gasteiger charge is 2.22. The van der Waals surface area contributed by atoms with Gasteiger partial charge in [-0.1, -0.05) is 6.92 Å². The van der Waals surface area contributed by atoms with Crippen molar-refractivity contribution < 1.29 is 9.13 Å². The van der Waals surface area contributed by atoms with Crippen LogP contribution in [0.4, 0.5) is 4.39 Å². The Labute approximate surface area is 144 Å². The minimum atomic E-state index is -0.259. The maximum atomic E-state index is 12.9. The van der Waals surface area contributed by atoms with Crippen molar-refractivity contribution in [1.82, 2.24) is 15.5 Å². The molecule has 24 heavy (non-hydrogen) atoms. The number of likely N-dealkylation sites (N-methyl/N-ethyl adjacent to an activating group) is 1. The summed E-state index contributed by atoms with van der Waals surface area (Å²) in [6.07, 6.45) is 2.46. The van der Waals surface area contributed by atoms with Gasteiger partial charge in [-0.05, 0) is 57.1 Å². The van der Waals surface area contributed by atoms with Crippen LogP contribution in [0.25, 0.3) is 0 Å². The minimum absolute atomic E-state index is 0.0485. The molecule has 1 aliphatic heterocycles. The number of hydrogen-bond donors (Lipinski definition) is 2. The number of ether oxygens (including phenoxy) is 1. The van der Waals surface area contributed by atoms with Crippen molar-refractivity contribution >= 4 is 5.96 Å². The largest absolute Gasteiger partial charge is 0.489 e. The minimum Gasteiger partial charge on any atom is -0.489 e. The Morgan fingerprint density at radius 1 is 1.38 bits per heavy atom. The molecular weight excluding hydrogens is 307 g/mol. The van der Waals surface area contributed by atoms with Crippen molar-refractivity contribution in [2.24, 2.45) is 4.99 Å². The highest BCUT2D eigenvalue weighted by molar-refractivity contribution is 5.79. The molecule has 0 spiro atoms. The van der Waals surface area contributed by atoms with E-state index in [1.165, 1.54) is 31.5 Å². The van der Waals surface area contributed by atoms with Crippen molar-refractivity contribution in [3.8, 4) is 5.75 Å². The van der Waals surface area contributed by atoms with Crippen LogP contribution in [0, 0.1) is 5.82 Å². The van der Waals surface area contributed by atoms with Crippen molar-refractivity contribution in [1.29, 1.82) is 0 Å². The average molecular weight is 336 g/mol. The summed E-state index contributed by atoms with van der Waals surface area (Å²) in [6, 6.07) is 6.66. The van der Waals surface area contributed by atoms with Gasteiger partial charge in [-0.2, -0.15) is 0 Å². The molecule has 1 aromatic rings. The SMILES string of the molecule is CCN1CCCC1CNC(=NC)NCC(C)Oc1ccc(F)cc1. The fourth-order valence-electron chi connectivity index (χ4n) is 3.01. The Morgan fingerprint density at radius 3 is 2.79 bits per heavy atom. The quantitative estimate of drug-likeness (QED) is 0.592. The molecule has 0 aliphatic carbocycles. The van der Waals surface area contributed by atoms with Gasteiger partial charge in [-0.15, -0.1) is 0 Å². The molecule has 1 saturated heterocycles. The predicted molar refractivity (Wildman–Crippen MR) is 96.1 cm³/mol. The lowest BCUT2D eigenvalue weighted by Crippen LogP contribution is -2.46. The molecule has 1 aromatic carbocycles. The van der Waals surface area contributed by atoms with E-state index in [0.29, 0.717) is 18.3 Å². The number of likely N-dealkylation sites (tertiary alicyclic amines) is 1. The third-order valence-electron chi connectivity index (χ3n) is 4.34. The van der Waals surface area contributed by atoms with Gasteiger partial charge in [0.2, 0.25) is 0 Å². The Bertz CT molecular complexity index is 520. The molecular formula is C18H29FN4O. The molecule has 2 N–H and O–H groups in total. The molecule has 2 unspecified atom stereocenters. The van der Waals surface area contributed by atoms with Gasteiger partial charge in [0.25, 0.3) is 0 Å². The summed E-state index contributed by atoms with van der Waals surface area (Å²) >= 11 is 0. The van der Waals surface area contributed by atoms with Crippen LogP contribution >= 0.6 is 0 Å². The van der Waals surface area contributed by atoms with E-state index in [9.17, 15) is 4.39 Å². The summed E-state index contributed by atoms with van der Waals surface area (Å²) in [6.45, 7) is 8.00. The van der Waals surface area contributed by atoms with Gasteiger partial charge in [-0.25, -0.2) is 4.39 Å². The number of benzene rings is 1. The van der Waals surface area contributed by atoms with Gasteiger partial charge < -0.3 is 15.4 Å². The number of nitrogens with zero attached hydrogens (tertiary/aromatic N) is 2. The molecule has 1 heterocycles. The van der Waals surface area contributed by atoms with Crippen LogP contribution in [0.5, 0.6) is 5.75 Å². The lowest BCUT2D eigenvalue weighted by atomic mass is 10.2. The first kappa shape index (κ1) is 18.5. The predicted octanol–water partition coefficient (Wildman–Crippen LogP) is 2.24.